The van der Waals surface area contributed by atoms with Crippen LogP contribution in [0, 0.1) is 5.92 Å². The molecular weight excluding hydrogens is 496 g/mol. The molecule has 3 aliphatic rings. The first-order chi connectivity index (χ1) is 18.1. The first-order valence-electron chi connectivity index (χ1n) is 12.8. The topological polar surface area (TPSA) is 155 Å². The summed E-state index contributed by atoms with van der Waals surface area (Å²) in [6.07, 6.45) is 12.4. The third-order valence-corrected chi connectivity index (χ3v) is 6.67. The Morgan fingerprint density at radius 3 is 2.45 bits per heavy atom. The molecule has 38 heavy (non-hydrogen) atoms. The highest BCUT2D eigenvalue weighted by Gasteiger charge is 2.50. The van der Waals surface area contributed by atoms with Crippen LogP contribution in [-0.4, -0.2) is 88.0 Å². The normalized spacial score (nSPS) is 43.3. The van der Waals surface area contributed by atoms with E-state index in [-0.39, 0.29) is 44.0 Å². The number of carbonyl (C=O) groups excluding carboxylic acids is 1. The molecule has 9 atom stereocenters. The number of carbonyl (C=O) groups is 2. The molecule has 0 amide bonds. The van der Waals surface area contributed by atoms with Crippen molar-refractivity contribution in [2.75, 3.05) is 7.11 Å². The van der Waals surface area contributed by atoms with Crippen molar-refractivity contribution >= 4 is 11.9 Å². The Kier molecular flexibility index (Phi) is 11.0. The molecule has 3 rings (SSSR count). The van der Waals surface area contributed by atoms with E-state index in [4.69, 9.17) is 18.9 Å². The Bertz CT molecular complexity index is 953. The number of carboxylic acid groups (broad SMARTS) is 1. The van der Waals surface area contributed by atoms with Gasteiger partial charge in [0.05, 0.1) is 30.5 Å². The van der Waals surface area contributed by atoms with Gasteiger partial charge in [-0.1, -0.05) is 48.6 Å². The van der Waals surface area contributed by atoms with Crippen LogP contribution in [0.4, 0.5) is 0 Å². The number of hydrogen-bond acceptors (Lipinski definition) is 9. The molecule has 10 nitrogen and oxygen atoms in total. The predicted octanol–water partition coefficient (Wildman–Crippen LogP) is 1.96. The standard InChI is InChI=1S/C28H38O10/c1-18-10-8-6-4-3-5-7-9-11-20(35-2)15-24-26(27(32)33)21(30)17-28(34,38-24)16-19(29)14-23-22(37-23)12-13-25(31)36-18/h3-9,11-13,18-24,26,29-30,34H,10,14-17H2,1-2H3,(H,32,33)/b4-3+,7-5+,8-6+,11-9+,13-12+/t18-,19+,20+,21+,22-,23-,24+,26-,28-/m1/s1. The van der Waals surface area contributed by atoms with Crippen molar-refractivity contribution in [3.63, 3.8) is 0 Å². The number of allylic oxidation sites excluding steroid dienone is 6. The lowest BCUT2D eigenvalue weighted by molar-refractivity contribution is -0.300. The van der Waals surface area contributed by atoms with Crippen LogP contribution in [0.3, 0.4) is 0 Å². The predicted molar refractivity (Wildman–Crippen MR) is 137 cm³/mol. The van der Waals surface area contributed by atoms with E-state index in [9.17, 15) is 30.0 Å². The van der Waals surface area contributed by atoms with Crippen LogP contribution in [0.2, 0.25) is 0 Å². The van der Waals surface area contributed by atoms with Crippen molar-refractivity contribution in [2.45, 2.75) is 87.5 Å². The quantitative estimate of drug-likeness (QED) is 0.305. The van der Waals surface area contributed by atoms with E-state index in [1.807, 2.05) is 24.3 Å². The van der Waals surface area contributed by atoms with Crippen LogP contribution in [0.25, 0.3) is 0 Å². The fraction of sp³-hybridized carbons (Fsp3) is 0.571. The summed E-state index contributed by atoms with van der Waals surface area (Å²) >= 11 is 0. The number of methoxy groups -OCH3 is 1. The number of fused-ring (bicyclic) bond motifs is 3. The van der Waals surface area contributed by atoms with Gasteiger partial charge >= 0.3 is 11.9 Å². The van der Waals surface area contributed by atoms with Crippen molar-refractivity contribution in [1.82, 2.24) is 0 Å². The van der Waals surface area contributed by atoms with Gasteiger partial charge in [-0.05, 0) is 13.0 Å². The minimum Gasteiger partial charge on any atom is -0.481 e. The summed E-state index contributed by atoms with van der Waals surface area (Å²) in [7, 11) is 1.47. The number of cyclic esters (lactones) is 1. The summed E-state index contributed by atoms with van der Waals surface area (Å²) in [6.45, 7) is 1.80. The number of rotatable bonds is 2. The van der Waals surface area contributed by atoms with Crippen LogP contribution in [0.15, 0.2) is 60.8 Å². The maximum absolute atomic E-state index is 12.0. The number of ether oxygens (including phenoxy) is 4. The number of aliphatic carboxylic acids is 1. The van der Waals surface area contributed by atoms with Gasteiger partial charge in [0.2, 0.25) is 0 Å². The molecule has 0 aliphatic carbocycles. The Morgan fingerprint density at radius 1 is 1.03 bits per heavy atom. The third kappa shape index (κ3) is 9.30. The summed E-state index contributed by atoms with van der Waals surface area (Å²) in [5.41, 5.74) is 0. The molecular formula is C28H38O10. The SMILES string of the molecule is CO[C@H]1/C=C/C=C/C=C/C=C/C[C@@H](C)OC(=O)/C=C/[C@H]2O[C@@H]2C[C@H](O)C[C@]2(O)C[C@H](O)[C@@H](C(=O)O)[C@H](C1)O2. The van der Waals surface area contributed by atoms with E-state index in [0.717, 1.165) is 0 Å². The number of hydrogen-bond donors (Lipinski definition) is 4. The highest BCUT2D eigenvalue weighted by molar-refractivity contribution is 5.82. The molecule has 0 aromatic carbocycles. The molecule has 0 radical (unpaired) electrons. The molecule has 10 heteroatoms. The smallest absolute Gasteiger partial charge is 0.330 e. The lowest BCUT2D eigenvalue weighted by Crippen LogP contribution is -2.56. The molecule has 0 unspecified atom stereocenters. The van der Waals surface area contributed by atoms with E-state index in [1.54, 1.807) is 37.3 Å². The Balaban J connectivity index is 1.77. The van der Waals surface area contributed by atoms with Crippen molar-refractivity contribution < 1.29 is 49.0 Å². The number of aliphatic hydroxyl groups is 3. The molecule has 2 saturated heterocycles. The Morgan fingerprint density at radius 2 is 1.74 bits per heavy atom. The fourth-order valence-electron chi connectivity index (χ4n) is 4.72. The minimum atomic E-state index is -1.94. The zero-order valence-electron chi connectivity index (χ0n) is 21.7. The molecule has 3 aliphatic heterocycles. The van der Waals surface area contributed by atoms with Crippen LogP contribution >= 0.6 is 0 Å². The van der Waals surface area contributed by atoms with Crippen molar-refractivity contribution in [2.24, 2.45) is 5.92 Å². The summed E-state index contributed by atoms with van der Waals surface area (Å²) in [5, 5.41) is 42.0. The van der Waals surface area contributed by atoms with Crippen molar-refractivity contribution in [1.29, 1.82) is 0 Å². The molecule has 0 saturated carbocycles. The lowest BCUT2D eigenvalue weighted by atomic mass is 9.83. The van der Waals surface area contributed by atoms with E-state index in [0.29, 0.717) is 6.42 Å². The molecule has 3 heterocycles. The monoisotopic (exact) mass is 534 g/mol. The first kappa shape index (κ1) is 29.9. The van der Waals surface area contributed by atoms with Gasteiger partial charge < -0.3 is 39.4 Å². The summed E-state index contributed by atoms with van der Waals surface area (Å²) in [5.74, 6) is -4.95. The molecule has 4 N–H and O–H groups in total. The minimum absolute atomic E-state index is 0.0682. The molecule has 2 fully saturated rings. The van der Waals surface area contributed by atoms with Crippen LogP contribution < -0.4 is 0 Å². The number of esters is 1. The van der Waals surface area contributed by atoms with Gasteiger partial charge in [-0.3, -0.25) is 4.79 Å². The number of epoxide rings is 1. The van der Waals surface area contributed by atoms with Gasteiger partial charge in [0.25, 0.3) is 0 Å². The fourth-order valence-corrected chi connectivity index (χ4v) is 4.72. The second-order valence-corrected chi connectivity index (χ2v) is 9.91. The molecule has 0 aromatic rings. The first-order valence-corrected chi connectivity index (χ1v) is 12.8. The molecule has 0 spiro atoms. The molecule has 210 valence electrons. The van der Waals surface area contributed by atoms with Crippen LogP contribution in [0.1, 0.15) is 39.0 Å². The largest absolute Gasteiger partial charge is 0.481 e. The lowest BCUT2D eigenvalue weighted by Gasteiger charge is -2.44. The zero-order valence-corrected chi connectivity index (χ0v) is 21.7. The average molecular weight is 535 g/mol. The van der Waals surface area contributed by atoms with Gasteiger partial charge in [-0.15, -0.1) is 0 Å². The Hall–Kier alpha value is -2.60. The van der Waals surface area contributed by atoms with Gasteiger partial charge in [0, 0.05) is 45.3 Å². The van der Waals surface area contributed by atoms with Gasteiger partial charge in [-0.2, -0.15) is 0 Å². The second kappa shape index (κ2) is 14.0. The van der Waals surface area contributed by atoms with E-state index in [1.165, 1.54) is 13.2 Å². The van der Waals surface area contributed by atoms with Gasteiger partial charge in [0.1, 0.15) is 18.1 Å². The van der Waals surface area contributed by atoms with E-state index in [2.05, 4.69) is 0 Å². The average Bonchev–Trinajstić information content (AvgIpc) is 3.56. The van der Waals surface area contributed by atoms with Crippen molar-refractivity contribution in [3.8, 4) is 0 Å². The van der Waals surface area contributed by atoms with E-state index >= 15 is 0 Å². The summed E-state index contributed by atoms with van der Waals surface area (Å²) < 4.78 is 22.1. The maximum atomic E-state index is 12.0. The highest BCUT2D eigenvalue weighted by atomic mass is 16.6. The van der Waals surface area contributed by atoms with Crippen molar-refractivity contribution in [3.05, 3.63) is 60.8 Å². The third-order valence-electron chi connectivity index (χ3n) is 6.67. The van der Waals surface area contributed by atoms with Crippen LogP contribution in [-0.2, 0) is 28.5 Å². The van der Waals surface area contributed by atoms with Crippen LogP contribution in [0.5, 0.6) is 0 Å². The summed E-state index contributed by atoms with van der Waals surface area (Å²) in [4.78, 5) is 23.9. The van der Waals surface area contributed by atoms with E-state index < -0.39 is 48.1 Å². The summed E-state index contributed by atoms with van der Waals surface area (Å²) in [6, 6.07) is 0. The zero-order chi connectivity index (χ0) is 27.7. The van der Waals surface area contributed by atoms with Gasteiger partial charge in [0.15, 0.2) is 5.79 Å². The number of carboxylic acids is 1. The number of aliphatic hydroxyl groups excluding tert-OH is 2. The molecule has 0 aromatic heterocycles. The highest BCUT2D eigenvalue weighted by Crippen LogP contribution is 2.38. The molecule has 2 bridgehead atoms. The Labute approximate surface area is 222 Å². The maximum Gasteiger partial charge on any atom is 0.330 e. The van der Waals surface area contributed by atoms with Gasteiger partial charge in [-0.25, -0.2) is 4.79 Å². The second-order valence-electron chi connectivity index (χ2n) is 9.91.